The van der Waals surface area contributed by atoms with Gasteiger partial charge in [0.05, 0.1) is 12.5 Å². The lowest BCUT2D eigenvalue weighted by molar-refractivity contribution is -0.153. The second kappa shape index (κ2) is 2.23. The molecule has 0 heterocycles. The van der Waals surface area contributed by atoms with Crippen molar-refractivity contribution < 1.29 is 9.53 Å². The van der Waals surface area contributed by atoms with Crippen LogP contribution in [0.15, 0.2) is 12.2 Å². The normalized spacial score (nSPS) is 45.9. The number of esters is 1. The third-order valence-corrected chi connectivity index (χ3v) is 4.70. The van der Waals surface area contributed by atoms with Gasteiger partial charge in [-0.2, -0.15) is 0 Å². The summed E-state index contributed by atoms with van der Waals surface area (Å²) in [7, 11) is 1.50. The molecular weight excluding hydrogens is 176 g/mol. The highest BCUT2D eigenvalue weighted by Crippen LogP contribution is 2.73. The largest absolute Gasteiger partial charge is 0.469 e. The van der Waals surface area contributed by atoms with Crippen molar-refractivity contribution in [3.05, 3.63) is 12.2 Å². The van der Waals surface area contributed by atoms with E-state index in [0.717, 1.165) is 6.42 Å². The Labute approximate surface area is 84.3 Å². The van der Waals surface area contributed by atoms with Crippen molar-refractivity contribution in [1.82, 2.24) is 0 Å². The zero-order valence-corrected chi connectivity index (χ0v) is 8.75. The lowest BCUT2D eigenvalue weighted by Gasteiger charge is -2.29. The quantitative estimate of drug-likeness (QED) is 0.470. The van der Waals surface area contributed by atoms with Crippen molar-refractivity contribution in [3.8, 4) is 0 Å². The van der Waals surface area contributed by atoms with Gasteiger partial charge in [0.25, 0.3) is 0 Å². The van der Waals surface area contributed by atoms with Gasteiger partial charge in [-0.05, 0) is 43.4 Å². The maximum absolute atomic E-state index is 11.8. The average Bonchev–Trinajstić information content (AvgIpc) is 2.84. The van der Waals surface area contributed by atoms with Gasteiger partial charge in [0, 0.05) is 0 Å². The van der Waals surface area contributed by atoms with E-state index in [1.165, 1.54) is 20.0 Å². The molecule has 0 unspecified atom stereocenters. The molecule has 1 spiro atoms. The summed E-state index contributed by atoms with van der Waals surface area (Å²) >= 11 is 0. The number of ether oxygens (including phenoxy) is 1. The van der Waals surface area contributed by atoms with Gasteiger partial charge in [0.15, 0.2) is 0 Å². The Morgan fingerprint density at radius 3 is 2.64 bits per heavy atom. The zero-order valence-electron chi connectivity index (χ0n) is 8.75. The molecular formula is C12H16O2. The first-order chi connectivity index (χ1) is 6.63. The number of hydrogen-bond donors (Lipinski definition) is 0. The summed E-state index contributed by atoms with van der Waals surface area (Å²) < 4.78 is 4.94. The Balaban J connectivity index is 1.99. The third-order valence-electron chi connectivity index (χ3n) is 4.70. The number of carbonyl (C=O) groups is 1. The van der Waals surface area contributed by atoms with Crippen LogP contribution in [-0.2, 0) is 9.53 Å². The number of methoxy groups -OCH3 is 1. The van der Waals surface area contributed by atoms with E-state index in [2.05, 4.69) is 19.1 Å². The van der Waals surface area contributed by atoms with Crippen LogP contribution in [0.4, 0.5) is 0 Å². The summed E-state index contributed by atoms with van der Waals surface area (Å²) in [6.45, 7) is 2.08. The SMILES string of the molecule is COC(=O)[C@@]1(C)C[C@@H]2C=C[C@H]1C21CC1. The molecule has 0 aliphatic heterocycles. The van der Waals surface area contributed by atoms with Gasteiger partial charge in [-0.15, -0.1) is 0 Å². The molecule has 2 nitrogen and oxygen atoms in total. The predicted molar refractivity (Wildman–Crippen MR) is 52.5 cm³/mol. The van der Waals surface area contributed by atoms with Crippen molar-refractivity contribution in [1.29, 1.82) is 0 Å². The fourth-order valence-electron chi connectivity index (χ4n) is 3.83. The standard InChI is InChI=1S/C12H16O2/c1-11(10(13)14-2)7-8-3-4-9(11)12(8)5-6-12/h3-4,8-9H,5-7H2,1-2H3/t8-,9+,11-/m0/s1. The van der Waals surface area contributed by atoms with Crippen LogP contribution in [-0.4, -0.2) is 13.1 Å². The van der Waals surface area contributed by atoms with E-state index in [9.17, 15) is 4.79 Å². The molecule has 3 aliphatic rings. The number of hydrogen-bond acceptors (Lipinski definition) is 2. The van der Waals surface area contributed by atoms with Gasteiger partial charge in [-0.3, -0.25) is 4.79 Å². The Kier molecular flexibility index (Phi) is 1.36. The smallest absolute Gasteiger partial charge is 0.312 e. The van der Waals surface area contributed by atoms with Gasteiger partial charge < -0.3 is 4.74 Å². The molecule has 3 atom stereocenters. The van der Waals surface area contributed by atoms with Crippen LogP contribution in [0.1, 0.15) is 26.2 Å². The maximum Gasteiger partial charge on any atom is 0.312 e. The fourth-order valence-corrected chi connectivity index (χ4v) is 3.83. The summed E-state index contributed by atoms with van der Waals surface area (Å²) in [5.41, 5.74) is 0.244. The van der Waals surface area contributed by atoms with Gasteiger partial charge in [0.1, 0.15) is 0 Å². The molecule has 0 aromatic heterocycles. The molecule has 0 aromatic rings. The van der Waals surface area contributed by atoms with E-state index in [1.54, 1.807) is 0 Å². The monoisotopic (exact) mass is 192 g/mol. The highest BCUT2D eigenvalue weighted by Gasteiger charge is 2.69. The maximum atomic E-state index is 11.8. The molecule has 2 fully saturated rings. The Morgan fingerprint density at radius 1 is 1.43 bits per heavy atom. The first-order valence-electron chi connectivity index (χ1n) is 5.40. The molecule has 76 valence electrons. The molecule has 0 saturated heterocycles. The molecule has 3 rings (SSSR count). The molecule has 0 aromatic carbocycles. The number of rotatable bonds is 1. The van der Waals surface area contributed by atoms with Gasteiger partial charge in [-0.25, -0.2) is 0 Å². The summed E-state index contributed by atoms with van der Waals surface area (Å²) in [6, 6.07) is 0. The highest BCUT2D eigenvalue weighted by molar-refractivity contribution is 5.78. The lowest BCUT2D eigenvalue weighted by atomic mass is 9.76. The van der Waals surface area contributed by atoms with Crippen LogP contribution in [0.3, 0.4) is 0 Å². The van der Waals surface area contributed by atoms with Gasteiger partial charge in [-0.1, -0.05) is 12.2 Å². The van der Waals surface area contributed by atoms with Crippen molar-refractivity contribution in [2.75, 3.05) is 7.11 Å². The minimum Gasteiger partial charge on any atom is -0.469 e. The van der Waals surface area contributed by atoms with Gasteiger partial charge in [0.2, 0.25) is 0 Å². The van der Waals surface area contributed by atoms with Crippen molar-refractivity contribution >= 4 is 5.97 Å². The summed E-state index contributed by atoms with van der Waals surface area (Å²) in [5.74, 6) is 1.09. The van der Waals surface area contributed by atoms with E-state index >= 15 is 0 Å². The molecule has 2 bridgehead atoms. The van der Waals surface area contributed by atoms with E-state index in [-0.39, 0.29) is 11.4 Å². The number of allylic oxidation sites excluding steroid dienone is 2. The van der Waals surface area contributed by atoms with Crippen molar-refractivity contribution in [2.45, 2.75) is 26.2 Å². The Bertz CT molecular complexity index is 327. The molecule has 0 radical (unpaired) electrons. The van der Waals surface area contributed by atoms with Crippen LogP contribution in [0.5, 0.6) is 0 Å². The zero-order chi connectivity index (χ0) is 9.97. The molecule has 2 heteroatoms. The molecule has 14 heavy (non-hydrogen) atoms. The van der Waals surface area contributed by atoms with Crippen molar-refractivity contribution in [2.24, 2.45) is 22.7 Å². The topological polar surface area (TPSA) is 26.3 Å². The third kappa shape index (κ3) is 0.723. The lowest BCUT2D eigenvalue weighted by Crippen LogP contribution is -2.34. The van der Waals surface area contributed by atoms with Crippen LogP contribution < -0.4 is 0 Å². The molecule has 0 N–H and O–H groups in total. The summed E-state index contributed by atoms with van der Waals surface area (Å²) in [6.07, 6.45) is 8.20. The van der Waals surface area contributed by atoms with Crippen LogP contribution in [0.2, 0.25) is 0 Å². The highest BCUT2D eigenvalue weighted by atomic mass is 16.5. The molecule has 2 saturated carbocycles. The second-order valence-electron chi connectivity index (χ2n) is 5.32. The first-order valence-corrected chi connectivity index (χ1v) is 5.40. The van der Waals surface area contributed by atoms with E-state index < -0.39 is 0 Å². The van der Waals surface area contributed by atoms with E-state index in [4.69, 9.17) is 4.74 Å². The Hall–Kier alpha value is -0.790. The average molecular weight is 192 g/mol. The minimum absolute atomic E-state index is 0.0133. The second-order valence-corrected chi connectivity index (χ2v) is 5.32. The summed E-state index contributed by atoms with van der Waals surface area (Å²) in [5, 5.41) is 0. The van der Waals surface area contributed by atoms with Crippen LogP contribution >= 0.6 is 0 Å². The van der Waals surface area contributed by atoms with Crippen LogP contribution in [0, 0.1) is 22.7 Å². The van der Waals surface area contributed by atoms with Crippen molar-refractivity contribution in [3.63, 3.8) is 0 Å². The van der Waals surface area contributed by atoms with Gasteiger partial charge >= 0.3 is 5.97 Å². The minimum atomic E-state index is -0.231. The predicted octanol–water partition coefficient (Wildman–Crippen LogP) is 2.15. The first kappa shape index (κ1) is 8.51. The molecule has 3 aliphatic carbocycles. The van der Waals surface area contributed by atoms with E-state index in [0.29, 0.717) is 17.3 Å². The Morgan fingerprint density at radius 2 is 2.14 bits per heavy atom. The molecule has 0 amide bonds. The van der Waals surface area contributed by atoms with E-state index in [1.807, 2.05) is 0 Å². The number of carbonyl (C=O) groups excluding carboxylic acids is 1. The van der Waals surface area contributed by atoms with Crippen LogP contribution in [0.25, 0.3) is 0 Å². The summed E-state index contributed by atoms with van der Waals surface area (Å²) in [4.78, 5) is 11.8. The fraction of sp³-hybridized carbons (Fsp3) is 0.750.